The molecule has 0 radical (unpaired) electrons. The zero-order valence-electron chi connectivity index (χ0n) is 12.1. The number of nitrogens with zero attached hydrogens (tertiary/aromatic N) is 2. The van der Waals surface area contributed by atoms with Crippen LogP contribution in [0.4, 0.5) is 0 Å². The minimum atomic E-state index is -0.0562. The highest BCUT2D eigenvalue weighted by atomic mass is 79.9. The first-order valence-corrected chi connectivity index (χ1v) is 8.41. The topological polar surface area (TPSA) is 46.9 Å². The first kappa shape index (κ1) is 14.1. The molecule has 110 valence electrons. The maximum Gasteiger partial charge on any atom is 0.273 e. The van der Waals surface area contributed by atoms with E-state index in [-0.39, 0.29) is 11.9 Å². The minimum absolute atomic E-state index is 0.0562. The Kier molecular flexibility index (Phi) is 3.89. The quantitative estimate of drug-likeness (QED) is 0.915. The van der Waals surface area contributed by atoms with Gasteiger partial charge in [-0.2, -0.15) is 5.10 Å². The molecular formula is C15H22BrN3O. The van der Waals surface area contributed by atoms with E-state index < -0.39 is 0 Å². The fourth-order valence-corrected chi connectivity index (χ4v) is 4.50. The number of carbonyl (C=O) groups is 1. The Morgan fingerprint density at radius 3 is 2.90 bits per heavy atom. The van der Waals surface area contributed by atoms with Gasteiger partial charge in [0.15, 0.2) is 5.69 Å². The van der Waals surface area contributed by atoms with Crippen molar-refractivity contribution in [2.24, 2.45) is 17.8 Å². The molecule has 0 saturated heterocycles. The van der Waals surface area contributed by atoms with E-state index in [4.69, 9.17) is 0 Å². The third kappa shape index (κ3) is 2.52. The van der Waals surface area contributed by atoms with Crippen molar-refractivity contribution < 1.29 is 4.79 Å². The van der Waals surface area contributed by atoms with Crippen LogP contribution in [0.3, 0.4) is 0 Å². The molecule has 2 saturated carbocycles. The normalized spacial score (nSPS) is 29.6. The standard InChI is InChI=1S/C15H22BrN3O/c1-3-19-8-13(16)14(18-19)15(20)17-9(2)12-7-10-4-5-11(12)6-10/h8-12H,3-7H2,1-2H3,(H,17,20)/t9-,10+,11+,12-/m1/s1. The summed E-state index contributed by atoms with van der Waals surface area (Å²) in [6.07, 6.45) is 7.27. The summed E-state index contributed by atoms with van der Waals surface area (Å²) in [4.78, 5) is 12.4. The Bertz CT molecular complexity index is 513. The molecule has 0 aromatic carbocycles. The van der Waals surface area contributed by atoms with Gasteiger partial charge < -0.3 is 5.32 Å². The molecule has 1 aromatic heterocycles. The van der Waals surface area contributed by atoms with Crippen LogP contribution >= 0.6 is 15.9 Å². The number of fused-ring (bicyclic) bond motifs is 2. The lowest BCUT2D eigenvalue weighted by molar-refractivity contribution is 0.0908. The second-order valence-corrected chi connectivity index (χ2v) is 7.14. The van der Waals surface area contributed by atoms with Gasteiger partial charge in [-0.15, -0.1) is 0 Å². The van der Waals surface area contributed by atoms with E-state index in [1.165, 1.54) is 25.7 Å². The molecule has 20 heavy (non-hydrogen) atoms. The van der Waals surface area contributed by atoms with Gasteiger partial charge >= 0.3 is 0 Å². The summed E-state index contributed by atoms with van der Waals surface area (Å²) >= 11 is 3.42. The summed E-state index contributed by atoms with van der Waals surface area (Å²) in [5.74, 6) is 2.34. The number of halogens is 1. The maximum absolute atomic E-state index is 12.4. The third-order valence-electron chi connectivity index (χ3n) is 5.05. The van der Waals surface area contributed by atoms with Crippen molar-refractivity contribution in [1.29, 1.82) is 0 Å². The third-order valence-corrected chi connectivity index (χ3v) is 5.63. The molecule has 4 atom stereocenters. The first-order chi connectivity index (χ1) is 9.58. The average molecular weight is 340 g/mol. The minimum Gasteiger partial charge on any atom is -0.348 e. The Balaban J connectivity index is 1.64. The van der Waals surface area contributed by atoms with E-state index in [1.807, 2.05) is 13.1 Å². The van der Waals surface area contributed by atoms with Crippen LogP contribution in [0.15, 0.2) is 10.7 Å². The zero-order chi connectivity index (χ0) is 14.3. The monoisotopic (exact) mass is 339 g/mol. The molecular weight excluding hydrogens is 318 g/mol. The Morgan fingerprint density at radius 1 is 1.55 bits per heavy atom. The van der Waals surface area contributed by atoms with Gasteiger partial charge in [0.1, 0.15) is 0 Å². The molecule has 5 heteroatoms. The second kappa shape index (κ2) is 5.51. The predicted molar refractivity (Wildman–Crippen MR) is 81.5 cm³/mol. The summed E-state index contributed by atoms with van der Waals surface area (Å²) in [7, 11) is 0. The van der Waals surface area contributed by atoms with E-state index >= 15 is 0 Å². The summed E-state index contributed by atoms with van der Waals surface area (Å²) in [6, 6.07) is 0.247. The molecule has 0 unspecified atom stereocenters. The van der Waals surface area contributed by atoms with Crippen molar-refractivity contribution in [3.05, 3.63) is 16.4 Å². The molecule has 0 spiro atoms. The summed E-state index contributed by atoms with van der Waals surface area (Å²) < 4.78 is 2.55. The van der Waals surface area contributed by atoms with Crippen molar-refractivity contribution in [3.8, 4) is 0 Å². The SMILES string of the molecule is CCn1cc(Br)c(C(=O)N[C@H](C)[C@H]2C[C@H]3CC[C@H]2C3)n1. The highest BCUT2D eigenvalue weighted by Gasteiger charge is 2.42. The largest absolute Gasteiger partial charge is 0.348 e. The van der Waals surface area contributed by atoms with Gasteiger partial charge in [-0.05, 0) is 66.8 Å². The van der Waals surface area contributed by atoms with Gasteiger partial charge in [0, 0.05) is 18.8 Å². The van der Waals surface area contributed by atoms with Gasteiger partial charge in [-0.1, -0.05) is 6.42 Å². The molecule has 4 nitrogen and oxygen atoms in total. The van der Waals surface area contributed by atoms with Crippen molar-refractivity contribution in [2.45, 2.75) is 52.1 Å². The van der Waals surface area contributed by atoms with Crippen molar-refractivity contribution in [2.75, 3.05) is 0 Å². The summed E-state index contributed by atoms with van der Waals surface area (Å²) in [6.45, 7) is 4.93. The van der Waals surface area contributed by atoms with Crippen LogP contribution in [0.25, 0.3) is 0 Å². The number of rotatable bonds is 4. The first-order valence-electron chi connectivity index (χ1n) is 7.62. The number of aryl methyl sites for hydroxylation is 1. The van der Waals surface area contributed by atoms with Crippen molar-refractivity contribution in [1.82, 2.24) is 15.1 Å². The molecule has 2 aliphatic carbocycles. The van der Waals surface area contributed by atoms with Crippen molar-refractivity contribution >= 4 is 21.8 Å². The number of amides is 1. The zero-order valence-corrected chi connectivity index (χ0v) is 13.7. The molecule has 1 aromatic rings. The highest BCUT2D eigenvalue weighted by Crippen LogP contribution is 2.49. The number of carbonyl (C=O) groups excluding carboxylic acids is 1. The lowest BCUT2D eigenvalue weighted by atomic mass is 9.84. The Hall–Kier alpha value is -0.840. The molecule has 2 bridgehead atoms. The van der Waals surface area contributed by atoms with Crippen LogP contribution < -0.4 is 5.32 Å². The summed E-state index contributed by atoms with van der Waals surface area (Å²) in [5.41, 5.74) is 0.502. The van der Waals surface area contributed by atoms with Gasteiger partial charge in [0.05, 0.1) is 4.47 Å². The fraction of sp³-hybridized carbons (Fsp3) is 0.733. The predicted octanol–water partition coefficient (Wildman–Crippen LogP) is 3.22. The number of nitrogens with one attached hydrogen (secondary N) is 1. The highest BCUT2D eigenvalue weighted by molar-refractivity contribution is 9.10. The van der Waals surface area contributed by atoms with Crippen LogP contribution in [-0.2, 0) is 6.54 Å². The fourth-order valence-electron chi connectivity index (χ4n) is 4.00. The van der Waals surface area contributed by atoms with Gasteiger partial charge in [0.2, 0.25) is 0 Å². The maximum atomic E-state index is 12.4. The van der Waals surface area contributed by atoms with E-state index in [0.717, 1.165) is 22.9 Å². The second-order valence-electron chi connectivity index (χ2n) is 6.28. The van der Waals surface area contributed by atoms with Crippen LogP contribution in [0.1, 0.15) is 50.0 Å². The van der Waals surface area contributed by atoms with E-state index in [0.29, 0.717) is 11.6 Å². The average Bonchev–Trinajstić information content (AvgIpc) is 3.12. The van der Waals surface area contributed by atoms with Crippen LogP contribution in [0.5, 0.6) is 0 Å². The Morgan fingerprint density at radius 2 is 2.35 bits per heavy atom. The molecule has 1 heterocycles. The molecule has 2 fully saturated rings. The lowest BCUT2D eigenvalue weighted by Gasteiger charge is -2.28. The number of hydrogen-bond acceptors (Lipinski definition) is 2. The molecule has 0 aliphatic heterocycles. The van der Waals surface area contributed by atoms with Crippen molar-refractivity contribution in [3.63, 3.8) is 0 Å². The Labute approximate surface area is 128 Å². The smallest absolute Gasteiger partial charge is 0.273 e. The van der Waals surface area contributed by atoms with E-state index in [9.17, 15) is 4.79 Å². The van der Waals surface area contributed by atoms with E-state index in [1.54, 1.807) is 4.68 Å². The molecule has 3 rings (SSSR count). The van der Waals surface area contributed by atoms with Gasteiger partial charge in [-0.25, -0.2) is 0 Å². The molecule has 1 amide bonds. The van der Waals surface area contributed by atoms with E-state index in [2.05, 4.69) is 33.3 Å². The molecule has 1 N–H and O–H groups in total. The van der Waals surface area contributed by atoms with Crippen LogP contribution in [-0.4, -0.2) is 21.7 Å². The van der Waals surface area contributed by atoms with Crippen LogP contribution in [0, 0.1) is 17.8 Å². The summed E-state index contributed by atoms with van der Waals surface area (Å²) in [5, 5.41) is 7.47. The van der Waals surface area contributed by atoms with Gasteiger partial charge in [-0.3, -0.25) is 9.48 Å². The number of aromatic nitrogens is 2. The van der Waals surface area contributed by atoms with Gasteiger partial charge in [0.25, 0.3) is 5.91 Å². The van der Waals surface area contributed by atoms with Crippen LogP contribution in [0.2, 0.25) is 0 Å². The molecule has 2 aliphatic rings. The lowest BCUT2D eigenvalue weighted by Crippen LogP contribution is -2.40. The number of hydrogen-bond donors (Lipinski definition) is 1.